The van der Waals surface area contributed by atoms with Crippen molar-refractivity contribution in [1.29, 1.82) is 0 Å². The number of ether oxygens (including phenoxy) is 2. The maximum absolute atomic E-state index is 13.7. The molecule has 0 radical (unpaired) electrons. The lowest BCUT2D eigenvalue weighted by Crippen LogP contribution is -2.45. The number of halogens is 3. The van der Waals surface area contributed by atoms with Gasteiger partial charge in [0.25, 0.3) is 0 Å². The molecule has 3 rings (SSSR count). The number of hydrogen-bond acceptors (Lipinski definition) is 5. The first-order valence-electron chi connectivity index (χ1n) is 13.1. The van der Waals surface area contributed by atoms with Crippen molar-refractivity contribution in [3.8, 4) is 0 Å². The highest BCUT2D eigenvalue weighted by molar-refractivity contribution is 5.87. The van der Waals surface area contributed by atoms with E-state index in [0.717, 1.165) is 37.5 Å². The Morgan fingerprint density at radius 1 is 1.13 bits per heavy atom. The van der Waals surface area contributed by atoms with Gasteiger partial charge in [-0.25, -0.2) is 4.79 Å². The minimum absolute atomic E-state index is 0.0591. The SMILES string of the molecule is CCOC(=O)C=Cc1c([C@@H](C)OC[C@H](O)CNC(C)(C)CC2Cc3ccccc3C2)cccc1C(F)(F)F. The van der Waals surface area contributed by atoms with Gasteiger partial charge in [-0.05, 0) is 87.3 Å². The number of esters is 1. The molecule has 5 nitrogen and oxygen atoms in total. The molecule has 0 amide bonds. The minimum Gasteiger partial charge on any atom is -0.463 e. The van der Waals surface area contributed by atoms with Crippen LogP contribution in [-0.2, 0) is 33.3 Å². The average molecular weight is 534 g/mol. The van der Waals surface area contributed by atoms with Crippen LogP contribution >= 0.6 is 0 Å². The van der Waals surface area contributed by atoms with Crippen LogP contribution < -0.4 is 5.32 Å². The first-order chi connectivity index (χ1) is 17.9. The topological polar surface area (TPSA) is 67.8 Å². The highest BCUT2D eigenvalue weighted by Crippen LogP contribution is 2.36. The standard InChI is InChI=1S/C30H38F3NO4/c1-5-37-28(36)14-13-26-25(11-8-12-27(26)30(31,32)33)20(2)38-19-24(35)18-34-29(3,4)17-21-15-22-9-6-7-10-23(22)16-21/h6-14,20-21,24,34-35H,5,15-19H2,1-4H3/t20-,24-/m1/s1. The number of alkyl halides is 3. The van der Waals surface area contributed by atoms with Gasteiger partial charge in [-0.2, -0.15) is 13.2 Å². The molecule has 8 heteroatoms. The Bertz CT molecular complexity index is 1090. The van der Waals surface area contributed by atoms with Gasteiger partial charge in [0.2, 0.25) is 0 Å². The Morgan fingerprint density at radius 3 is 2.39 bits per heavy atom. The van der Waals surface area contributed by atoms with E-state index in [0.29, 0.717) is 5.92 Å². The normalized spacial score (nSPS) is 16.0. The average Bonchev–Trinajstić information content (AvgIpc) is 3.25. The zero-order valence-corrected chi connectivity index (χ0v) is 22.5. The lowest BCUT2D eigenvalue weighted by Gasteiger charge is -2.31. The third-order valence-corrected chi connectivity index (χ3v) is 6.85. The van der Waals surface area contributed by atoms with Crippen molar-refractivity contribution in [2.24, 2.45) is 5.92 Å². The summed E-state index contributed by atoms with van der Waals surface area (Å²) in [6, 6.07) is 12.3. The first-order valence-corrected chi connectivity index (χ1v) is 13.1. The summed E-state index contributed by atoms with van der Waals surface area (Å²) in [6.45, 7) is 7.81. The van der Waals surface area contributed by atoms with E-state index in [1.165, 1.54) is 23.3 Å². The Morgan fingerprint density at radius 2 is 1.79 bits per heavy atom. The van der Waals surface area contributed by atoms with Crippen LogP contribution in [0.1, 0.15) is 68.0 Å². The van der Waals surface area contributed by atoms with Crippen LogP contribution in [0, 0.1) is 5.92 Å². The highest BCUT2D eigenvalue weighted by atomic mass is 19.4. The molecule has 0 aliphatic heterocycles. The number of β-amino-alcohol motifs (C(OH)–C–C–N with tert-alkyl or cyclic N) is 1. The summed E-state index contributed by atoms with van der Waals surface area (Å²) in [5.74, 6) is -0.195. The largest absolute Gasteiger partial charge is 0.463 e. The van der Waals surface area contributed by atoms with Gasteiger partial charge in [0.05, 0.1) is 31.0 Å². The summed E-state index contributed by atoms with van der Waals surface area (Å²) in [5.41, 5.74) is 1.84. The molecular weight excluding hydrogens is 495 g/mol. The number of hydrogen-bond donors (Lipinski definition) is 2. The van der Waals surface area contributed by atoms with E-state index < -0.39 is 29.9 Å². The third-order valence-electron chi connectivity index (χ3n) is 6.85. The molecule has 0 spiro atoms. The zero-order chi connectivity index (χ0) is 27.9. The third kappa shape index (κ3) is 8.41. The van der Waals surface area contributed by atoms with Gasteiger partial charge in [0.1, 0.15) is 0 Å². The predicted octanol–water partition coefficient (Wildman–Crippen LogP) is 5.89. The number of fused-ring (bicyclic) bond motifs is 1. The molecule has 2 aromatic carbocycles. The molecule has 0 fully saturated rings. The van der Waals surface area contributed by atoms with Crippen LogP contribution in [0.15, 0.2) is 48.5 Å². The number of rotatable bonds is 12. The Hall–Kier alpha value is -2.68. The van der Waals surface area contributed by atoms with Gasteiger partial charge in [0.15, 0.2) is 0 Å². The van der Waals surface area contributed by atoms with Gasteiger partial charge in [-0.1, -0.05) is 36.4 Å². The van der Waals surface area contributed by atoms with E-state index in [1.54, 1.807) is 13.8 Å². The lowest BCUT2D eigenvalue weighted by molar-refractivity contribution is -0.138. The molecule has 1 aliphatic carbocycles. The fourth-order valence-electron chi connectivity index (χ4n) is 5.10. The van der Waals surface area contributed by atoms with Crippen molar-refractivity contribution in [2.75, 3.05) is 19.8 Å². The monoisotopic (exact) mass is 533 g/mol. The second-order valence-corrected chi connectivity index (χ2v) is 10.5. The summed E-state index contributed by atoms with van der Waals surface area (Å²) < 4.78 is 51.6. The van der Waals surface area contributed by atoms with E-state index >= 15 is 0 Å². The van der Waals surface area contributed by atoms with Crippen molar-refractivity contribution in [3.63, 3.8) is 0 Å². The molecular formula is C30H38F3NO4. The van der Waals surface area contributed by atoms with Gasteiger partial charge >= 0.3 is 12.1 Å². The van der Waals surface area contributed by atoms with Gasteiger partial charge in [-0.3, -0.25) is 0 Å². The van der Waals surface area contributed by atoms with E-state index in [2.05, 4.69) is 43.4 Å². The molecule has 0 heterocycles. The second-order valence-electron chi connectivity index (χ2n) is 10.5. The molecule has 2 atom stereocenters. The second kappa shape index (κ2) is 12.9. The molecule has 38 heavy (non-hydrogen) atoms. The number of carbonyl (C=O) groups excluding carboxylic acids is 1. The molecule has 0 saturated carbocycles. The number of aliphatic hydroxyl groups excluding tert-OH is 1. The fraction of sp³-hybridized carbons (Fsp3) is 0.500. The Labute approximate surface area is 223 Å². The maximum Gasteiger partial charge on any atom is 0.416 e. The number of benzene rings is 2. The van der Waals surface area contributed by atoms with Gasteiger partial charge < -0.3 is 19.9 Å². The van der Waals surface area contributed by atoms with Crippen molar-refractivity contribution in [3.05, 3.63) is 76.4 Å². The molecule has 2 aromatic rings. The summed E-state index contributed by atoms with van der Waals surface area (Å²) >= 11 is 0. The molecule has 208 valence electrons. The molecule has 2 N–H and O–H groups in total. The molecule has 0 unspecified atom stereocenters. The number of carbonyl (C=O) groups is 1. The minimum atomic E-state index is -4.61. The molecule has 0 bridgehead atoms. The van der Waals surface area contributed by atoms with Crippen molar-refractivity contribution < 1.29 is 32.5 Å². The van der Waals surface area contributed by atoms with Crippen LogP contribution in [0.25, 0.3) is 6.08 Å². The summed E-state index contributed by atoms with van der Waals surface area (Å²) in [5, 5.41) is 14.0. The predicted molar refractivity (Wildman–Crippen MR) is 142 cm³/mol. The fourth-order valence-corrected chi connectivity index (χ4v) is 5.10. The van der Waals surface area contributed by atoms with Crippen molar-refractivity contribution in [1.82, 2.24) is 5.32 Å². The molecule has 0 aromatic heterocycles. The van der Waals surface area contributed by atoms with E-state index in [-0.39, 0.29) is 36.4 Å². The number of nitrogens with one attached hydrogen (secondary N) is 1. The zero-order valence-electron chi connectivity index (χ0n) is 22.5. The lowest BCUT2D eigenvalue weighted by atomic mass is 9.88. The Kier molecular flexibility index (Phi) is 10.2. The summed E-state index contributed by atoms with van der Waals surface area (Å²) in [7, 11) is 0. The van der Waals surface area contributed by atoms with Crippen LogP contribution in [0.2, 0.25) is 0 Å². The van der Waals surface area contributed by atoms with E-state index in [4.69, 9.17) is 9.47 Å². The van der Waals surface area contributed by atoms with Crippen molar-refractivity contribution >= 4 is 12.0 Å². The molecule has 0 saturated heterocycles. The first kappa shape index (κ1) is 29.9. The van der Waals surface area contributed by atoms with Crippen LogP contribution in [0.5, 0.6) is 0 Å². The van der Waals surface area contributed by atoms with Crippen LogP contribution in [0.3, 0.4) is 0 Å². The number of aliphatic hydroxyl groups is 1. The van der Waals surface area contributed by atoms with E-state index in [9.17, 15) is 23.1 Å². The van der Waals surface area contributed by atoms with Crippen LogP contribution in [-0.4, -0.2) is 42.5 Å². The van der Waals surface area contributed by atoms with Gasteiger partial charge in [-0.15, -0.1) is 0 Å². The Balaban J connectivity index is 1.57. The van der Waals surface area contributed by atoms with Crippen LogP contribution in [0.4, 0.5) is 13.2 Å². The van der Waals surface area contributed by atoms with Gasteiger partial charge in [0, 0.05) is 18.2 Å². The van der Waals surface area contributed by atoms with Crippen molar-refractivity contribution in [2.45, 2.75) is 70.9 Å². The van der Waals surface area contributed by atoms with E-state index in [1.807, 2.05) is 0 Å². The molecule has 1 aliphatic rings. The highest BCUT2D eigenvalue weighted by Gasteiger charge is 2.34. The smallest absolute Gasteiger partial charge is 0.416 e. The maximum atomic E-state index is 13.7. The summed E-state index contributed by atoms with van der Waals surface area (Å²) in [6.07, 6.45) is -1.07. The summed E-state index contributed by atoms with van der Waals surface area (Å²) in [4.78, 5) is 11.7. The quantitative estimate of drug-likeness (QED) is 0.263.